The molecule has 1 aromatic rings. The van der Waals surface area contributed by atoms with E-state index < -0.39 is 0 Å². The molecule has 2 N–H and O–H groups in total. The molecule has 3 rings (SSSR count). The molecule has 5 nitrogen and oxygen atoms in total. The first-order chi connectivity index (χ1) is 7.88. The highest BCUT2D eigenvalue weighted by Gasteiger charge is 2.40. The van der Waals surface area contributed by atoms with E-state index in [4.69, 9.17) is 4.74 Å². The minimum Gasteiger partial charge on any atom is -0.467 e. The molecule has 0 saturated carbocycles. The molecule has 2 aliphatic rings. The number of rotatable bonds is 2. The van der Waals surface area contributed by atoms with Crippen molar-refractivity contribution in [2.75, 3.05) is 26.7 Å². The second-order valence-electron chi connectivity index (χ2n) is 4.44. The zero-order valence-corrected chi connectivity index (χ0v) is 10.5. The van der Waals surface area contributed by atoms with Crippen LogP contribution in [0.2, 0.25) is 0 Å². The predicted octanol–water partition coefficient (Wildman–Crippen LogP) is 0.387. The first-order valence-electron chi connectivity index (χ1n) is 5.69. The van der Waals surface area contributed by atoms with Gasteiger partial charge in [0, 0.05) is 19.3 Å². The Bertz CT molecular complexity index is 389. The first-order valence-corrected chi connectivity index (χ1v) is 5.69. The maximum absolute atomic E-state index is 5.06. The SMILES string of the molecule is COc1nccc(C2NCC3CNCC32)n1.Cl. The van der Waals surface area contributed by atoms with Crippen molar-refractivity contribution >= 4 is 12.4 Å². The summed E-state index contributed by atoms with van der Waals surface area (Å²) in [6.07, 6.45) is 1.76. The lowest BCUT2D eigenvalue weighted by Gasteiger charge is -2.17. The van der Waals surface area contributed by atoms with Crippen LogP contribution >= 0.6 is 12.4 Å². The summed E-state index contributed by atoms with van der Waals surface area (Å²) in [5.41, 5.74) is 1.04. The third-order valence-electron chi connectivity index (χ3n) is 3.58. The predicted molar refractivity (Wildman–Crippen MR) is 66.4 cm³/mol. The van der Waals surface area contributed by atoms with Gasteiger partial charge >= 0.3 is 6.01 Å². The fourth-order valence-corrected chi connectivity index (χ4v) is 2.75. The van der Waals surface area contributed by atoms with Crippen molar-refractivity contribution in [3.63, 3.8) is 0 Å². The van der Waals surface area contributed by atoms with Crippen LogP contribution in [0.3, 0.4) is 0 Å². The van der Waals surface area contributed by atoms with Crippen molar-refractivity contribution in [1.82, 2.24) is 20.6 Å². The molecular weight excluding hydrogens is 240 g/mol. The van der Waals surface area contributed by atoms with Crippen LogP contribution in [0.1, 0.15) is 11.7 Å². The van der Waals surface area contributed by atoms with E-state index in [0.717, 1.165) is 31.2 Å². The molecule has 2 fully saturated rings. The Labute approximate surface area is 107 Å². The molecule has 0 radical (unpaired) electrons. The van der Waals surface area contributed by atoms with Crippen molar-refractivity contribution in [1.29, 1.82) is 0 Å². The highest BCUT2D eigenvalue weighted by molar-refractivity contribution is 5.85. The molecule has 94 valence electrons. The van der Waals surface area contributed by atoms with Gasteiger partial charge in [-0.1, -0.05) is 0 Å². The summed E-state index contributed by atoms with van der Waals surface area (Å²) in [7, 11) is 1.60. The molecule has 17 heavy (non-hydrogen) atoms. The third-order valence-corrected chi connectivity index (χ3v) is 3.58. The maximum Gasteiger partial charge on any atom is 0.316 e. The lowest BCUT2D eigenvalue weighted by molar-refractivity contribution is 0.370. The molecule has 3 unspecified atom stereocenters. The second kappa shape index (κ2) is 5.16. The maximum atomic E-state index is 5.06. The van der Waals surface area contributed by atoms with Crippen LogP contribution in [-0.2, 0) is 0 Å². The quantitative estimate of drug-likeness (QED) is 0.802. The van der Waals surface area contributed by atoms with Crippen molar-refractivity contribution in [2.24, 2.45) is 11.8 Å². The van der Waals surface area contributed by atoms with Gasteiger partial charge in [0.1, 0.15) is 0 Å². The topological polar surface area (TPSA) is 59.1 Å². The number of halogens is 1. The average molecular weight is 257 g/mol. The normalized spacial score (nSPS) is 30.8. The third kappa shape index (κ3) is 2.22. The van der Waals surface area contributed by atoms with Gasteiger partial charge in [0.2, 0.25) is 0 Å². The van der Waals surface area contributed by atoms with Crippen LogP contribution in [-0.4, -0.2) is 36.7 Å². The lowest BCUT2D eigenvalue weighted by Crippen LogP contribution is -2.24. The summed E-state index contributed by atoms with van der Waals surface area (Å²) >= 11 is 0. The van der Waals surface area contributed by atoms with Gasteiger partial charge < -0.3 is 15.4 Å². The zero-order valence-electron chi connectivity index (χ0n) is 9.72. The summed E-state index contributed by atoms with van der Waals surface area (Å²) in [4.78, 5) is 8.45. The molecule has 0 aromatic carbocycles. The number of hydrogen-bond acceptors (Lipinski definition) is 5. The van der Waals surface area contributed by atoms with E-state index in [1.165, 1.54) is 0 Å². The van der Waals surface area contributed by atoms with E-state index >= 15 is 0 Å². The molecule has 2 saturated heterocycles. The van der Waals surface area contributed by atoms with Crippen molar-refractivity contribution in [3.8, 4) is 6.01 Å². The molecule has 6 heteroatoms. The van der Waals surface area contributed by atoms with Gasteiger partial charge in [0.05, 0.1) is 18.8 Å². The summed E-state index contributed by atoms with van der Waals surface area (Å²) in [5.74, 6) is 1.39. The minimum absolute atomic E-state index is 0. The van der Waals surface area contributed by atoms with E-state index in [1.807, 2.05) is 6.07 Å². The number of nitrogens with one attached hydrogen (secondary N) is 2. The Morgan fingerprint density at radius 3 is 3.06 bits per heavy atom. The van der Waals surface area contributed by atoms with Crippen LogP contribution in [0.5, 0.6) is 6.01 Å². The highest BCUT2D eigenvalue weighted by atomic mass is 35.5. The average Bonchev–Trinajstić information content (AvgIpc) is 2.90. The van der Waals surface area contributed by atoms with Gasteiger partial charge in [-0.05, 0) is 24.4 Å². The largest absolute Gasteiger partial charge is 0.467 e. The fourth-order valence-electron chi connectivity index (χ4n) is 2.75. The highest BCUT2D eigenvalue weighted by Crippen LogP contribution is 2.35. The van der Waals surface area contributed by atoms with Crippen molar-refractivity contribution < 1.29 is 4.74 Å². The second-order valence-corrected chi connectivity index (χ2v) is 4.44. The van der Waals surface area contributed by atoms with Crippen molar-refractivity contribution in [3.05, 3.63) is 18.0 Å². The molecule has 1 aromatic heterocycles. The van der Waals surface area contributed by atoms with E-state index in [2.05, 4.69) is 20.6 Å². The summed E-state index contributed by atoms with van der Waals surface area (Å²) < 4.78 is 5.06. The van der Waals surface area contributed by atoms with Gasteiger partial charge in [-0.25, -0.2) is 4.98 Å². The summed E-state index contributed by atoms with van der Waals surface area (Å²) in [6.45, 7) is 3.28. The minimum atomic E-state index is 0. The molecule has 0 amide bonds. The van der Waals surface area contributed by atoms with Crippen molar-refractivity contribution in [2.45, 2.75) is 6.04 Å². The number of aromatic nitrogens is 2. The lowest BCUT2D eigenvalue weighted by atomic mass is 9.92. The number of hydrogen-bond donors (Lipinski definition) is 2. The van der Waals surface area contributed by atoms with Gasteiger partial charge in [-0.3, -0.25) is 0 Å². The number of methoxy groups -OCH3 is 1. The van der Waals surface area contributed by atoms with Crippen LogP contribution in [0.25, 0.3) is 0 Å². The molecule has 3 heterocycles. The summed E-state index contributed by atoms with van der Waals surface area (Å²) in [5, 5.41) is 6.98. The zero-order chi connectivity index (χ0) is 11.0. The Balaban J connectivity index is 0.00000108. The fraction of sp³-hybridized carbons (Fsp3) is 0.636. The van der Waals surface area contributed by atoms with Crippen LogP contribution in [0, 0.1) is 11.8 Å². The van der Waals surface area contributed by atoms with E-state index in [1.54, 1.807) is 13.3 Å². The van der Waals surface area contributed by atoms with Gasteiger partial charge in [0.15, 0.2) is 0 Å². The molecule has 0 aliphatic carbocycles. The smallest absolute Gasteiger partial charge is 0.316 e. The van der Waals surface area contributed by atoms with Crippen LogP contribution < -0.4 is 15.4 Å². The van der Waals surface area contributed by atoms with Crippen LogP contribution in [0.4, 0.5) is 0 Å². The van der Waals surface area contributed by atoms with Gasteiger partial charge in [-0.15, -0.1) is 12.4 Å². The Kier molecular flexibility index (Phi) is 3.81. The van der Waals surface area contributed by atoms with E-state index in [0.29, 0.717) is 18.0 Å². The summed E-state index contributed by atoms with van der Waals surface area (Å²) in [6, 6.07) is 2.77. The van der Waals surface area contributed by atoms with E-state index in [9.17, 15) is 0 Å². The van der Waals surface area contributed by atoms with Crippen LogP contribution in [0.15, 0.2) is 12.3 Å². The molecule has 2 aliphatic heterocycles. The number of ether oxygens (including phenoxy) is 1. The molecular formula is C11H17ClN4O. The molecule has 3 atom stereocenters. The molecule has 0 spiro atoms. The van der Waals surface area contributed by atoms with Gasteiger partial charge in [-0.2, -0.15) is 4.98 Å². The van der Waals surface area contributed by atoms with Gasteiger partial charge in [0.25, 0.3) is 0 Å². The van der Waals surface area contributed by atoms with E-state index in [-0.39, 0.29) is 12.4 Å². The Hall–Kier alpha value is -0.910. The Morgan fingerprint density at radius 2 is 2.24 bits per heavy atom. The number of fused-ring (bicyclic) bond motifs is 1. The Morgan fingerprint density at radius 1 is 1.35 bits per heavy atom. The first kappa shape index (κ1) is 12.5. The number of nitrogens with zero attached hydrogens (tertiary/aromatic N) is 2. The standard InChI is InChI=1S/C11H16N4O.ClH/c1-16-11-13-3-2-9(15-11)10-8-6-12-4-7(8)5-14-10;/h2-3,7-8,10,12,14H,4-6H2,1H3;1H. The molecule has 0 bridgehead atoms. The monoisotopic (exact) mass is 256 g/mol.